The summed E-state index contributed by atoms with van der Waals surface area (Å²) in [6.45, 7) is -0.0235. The van der Waals surface area contributed by atoms with Gasteiger partial charge >= 0.3 is 12.1 Å². The molecular formula is C31H28N2O5. The van der Waals surface area contributed by atoms with Crippen molar-refractivity contribution in [2.45, 2.75) is 24.6 Å². The molecule has 7 heteroatoms. The number of hydrogen-bond acceptors (Lipinski definition) is 4. The number of ether oxygens (including phenoxy) is 1. The van der Waals surface area contributed by atoms with Gasteiger partial charge in [0.1, 0.15) is 18.2 Å². The predicted octanol–water partition coefficient (Wildman–Crippen LogP) is 4.86. The van der Waals surface area contributed by atoms with Gasteiger partial charge in [0.15, 0.2) is 0 Å². The van der Waals surface area contributed by atoms with Crippen LogP contribution >= 0.6 is 0 Å². The van der Waals surface area contributed by atoms with Crippen molar-refractivity contribution in [3.05, 3.63) is 144 Å². The lowest BCUT2D eigenvalue weighted by Crippen LogP contribution is -2.51. The number of benzene rings is 4. The van der Waals surface area contributed by atoms with Crippen LogP contribution in [0.25, 0.3) is 0 Å². The molecular weight excluding hydrogens is 480 g/mol. The van der Waals surface area contributed by atoms with E-state index < -0.39 is 36.0 Å². The molecule has 2 amide bonds. The highest BCUT2D eigenvalue weighted by molar-refractivity contribution is 5.88. The van der Waals surface area contributed by atoms with Crippen molar-refractivity contribution >= 4 is 18.0 Å². The molecule has 0 spiro atoms. The fraction of sp³-hybridized carbons (Fsp3) is 0.129. The third kappa shape index (κ3) is 6.25. The molecule has 0 saturated carbocycles. The summed E-state index contributed by atoms with van der Waals surface area (Å²) in [5, 5.41) is 15.2. The van der Waals surface area contributed by atoms with Gasteiger partial charge in [-0.15, -0.1) is 0 Å². The van der Waals surface area contributed by atoms with Crippen LogP contribution in [0.3, 0.4) is 0 Å². The Kier molecular flexibility index (Phi) is 8.51. The Labute approximate surface area is 221 Å². The van der Waals surface area contributed by atoms with E-state index in [1.807, 2.05) is 97.1 Å². The number of carboxylic acids is 1. The van der Waals surface area contributed by atoms with Crippen LogP contribution in [0.2, 0.25) is 0 Å². The zero-order chi connectivity index (χ0) is 26.8. The minimum atomic E-state index is -1.49. The maximum atomic E-state index is 13.5. The molecule has 0 aliphatic carbocycles. The first-order chi connectivity index (χ1) is 18.5. The van der Waals surface area contributed by atoms with Crippen LogP contribution < -0.4 is 10.6 Å². The predicted molar refractivity (Wildman–Crippen MR) is 143 cm³/mol. The van der Waals surface area contributed by atoms with Crippen LogP contribution in [0.4, 0.5) is 4.79 Å². The number of aliphatic carboxylic acids is 1. The third-order valence-corrected chi connectivity index (χ3v) is 6.14. The number of hydrogen-bond donors (Lipinski definition) is 3. The lowest BCUT2D eigenvalue weighted by Gasteiger charge is -2.37. The average molecular weight is 509 g/mol. The molecule has 0 aliphatic rings. The second kappa shape index (κ2) is 12.4. The molecule has 4 aromatic rings. The van der Waals surface area contributed by atoms with E-state index >= 15 is 0 Å². The number of alkyl carbamates (subject to hydrolysis) is 1. The summed E-state index contributed by atoms with van der Waals surface area (Å²) in [6, 6.07) is 35.9. The molecule has 0 radical (unpaired) electrons. The second-order valence-electron chi connectivity index (χ2n) is 8.70. The molecule has 38 heavy (non-hydrogen) atoms. The topological polar surface area (TPSA) is 105 Å². The molecule has 192 valence electrons. The highest BCUT2D eigenvalue weighted by Gasteiger charge is 2.38. The monoisotopic (exact) mass is 508 g/mol. The molecule has 4 aromatic carbocycles. The van der Waals surface area contributed by atoms with Crippen LogP contribution in [0.15, 0.2) is 121 Å². The van der Waals surface area contributed by atoms with Crippen molar-refractivity contribution < 1.29 is 24.2 Å². The van der Waals surface area contributed by atoms with Gasteiger partial charge in [0.05, 0.1) is 6.42 Å². The van der Waals surface area contributed by atoms with E-state index in [0.717, 1.165) is 22.3 Å². The first-order valence-corrected chi connectivity index (χ1v) is 12.2. The van der Waals surface area contributed by atoms with Gasteiger partial charge in [0, 0.05) is 0 Å². The molecule has 0 aliphatic heterocycles. The van der Waals surface area contributed by atoms with Gasteiger partial charge in [-0.3, -0.25) is 4.79 Å². The number of nitrogens with one attached hydrogen (secondary N) is 2. The van der Waals surface area contributed by atoms with Crippen molar-refractivity contribution in [1.29, 1.82) is 0 Å². The summed E-state index contributed by atoms with van der Waals surface area (Å²) in [7, 11) is 0. The van der Waals surface area contributed by atoms with E-state index in [-0.39, 0.29) is 6.61 Å². The van der Waals surface area contributed by atoms with Crippen molar-refractivity contribution in [2.75, 3.05) is 0 Å². The summed E-state index contributed by atoms with van der Waals surface area (Å²) in [5.74, 6) is -1.90. The first kappa shape index (κ1) is 26.2. The first-order valence-electron chi connectivity index (χ1n) is 12.2. The normalized spacial score (nSPS) is 11.7. The lowest BCUT2D eigenvalue weighted by atomic mass is 9.77. The summed E-state index contributed by atoms with van der Waals surface area (Å²) in [4.78, 5) is 37.8. The molecule has 3 N–H and O–H groups in total. The van der Waals surface area contributed by atoms with Gasteiger partial charge in [-0.05, 0) is 22.3 Å². The van der Waals surface area contributed by atoms with Crippen LogP contribution in [0, 0.1) is 0 Å². The zero-order valence-electron chi connectivity index (χ0n) is 20.6. The molecule has 1 atom stereocenters. The van der Waals surface area contributed by atoms with Gasteiger partial charge in [0.2, 0.25) is 5.91 Å². The fourth-order valence-corrected chi connectivity index (χ4v) is 4.33. The third-order valence-electron chi connectivity index (χ3n) is 6.14. The van der Waals surface area contributed by atoms with E-state index in [1.165, 1.54) is 0 Å². The quantitative estimate of drug-likeness (QED) is 0.265. The Morgan fingerprint density at radius 2 is 1.11 bits per heavy atom. The Morgan fingerprint density at radius 1 is 0.684 bits per heavy atom. The van der Waals surface area contributed by atoms with Gasteiger partial charge in [-0.25, -0.2) is 9.59 Å². The Hall–Kier alpha value is -4.91. The zero-order valence-corrected chi connectivity index (χ0v) is 20.6. The van der Waals surface area contributed by atoms with Gasteiger partial charge < -0.3 is 20.5 Å². The lowest BCUT2D eigenvalue weighted by molar-refractivity contribution is -0.141. The molecule has 0 saturated heterocycles. The number of rotatable bonds is 10. The number of carbonyl (C=O) groups excluding carboxylic acids is 2. The molecule has 4 rings (SSSR count). The Bertz CT molecular complexity index is 1250. The standard InChI is InChI=1S/C31H28N2O5/c34-28(21-27(29(35)36)32-30(37)38-22-23-13-5-1-6-14-23)33-31(24-15-7-2-8-16-24,25-17-9-3-10-18-25)26-19-11-4-12-20-26/h1-20,27H,21-22H2,(H,32,37)(H,33,34)(H,35,36)/t27-/m0/s1. The summed E-state index contributed by atoms with van der Waals surface area (Å²) < 4.78 is 5.15. The van der Waals surface area contributed by atoms with Crippen LogP contribution in [0.1, 0.15) is 28.7 Å². The van der Waals surface area contributed by atoms with E-state index in [4.69, 9.17) is 4.74 Å². The second-order valence-corrected chi connectivity index (χ2v) is 8.70. The van der Waals surface area contributed by atoms with Crippen LogP contribution in [-0.4, -0.2) is 29.1 Å². The SMILES string of the molecule is O=C(C[C@H](NC(=O)OCc1ccccc1)C(=O)O)NC(c1ccccc1)(c1ccccc1)c1ccccc1. The molecule has 0 bridgehead atoms. The summed E-state index contributed by atoms with van der Waals surface area (Å²) >= 11 is 0. The van der Waals surface area contributed by atoms with E-state index in [1.54, 1.807) is 24.3 Å². The van der Waals surface area contributed by atoms with Crippen LogP contribution in [0.5, 0.6) is 0 Å². The van der Waals surface area contributed by atoms with Gasteiger partial charge in [-0.1, -0.05) is 121 Å². The Morgan fingerprint density at radius 3 is 1.53 bits per heavy atom. The average Bonchev–Trinajstić information content (AvgIpc) is 2.96. The smallest absolute Gasteiger partial charge is 0.408 e. The number of amides is 2. The fourth-order valence-electron chi connectivity index (χ4n) is 4.33. The molecule has 0 aromatic heterocycles. The highest BCUT2D eigenvalue weighted by atomic mass is 16.5. The minimum absolute atomic E-state index is 0.0235. The van der Waals surface area contributed by atoms with Gasteiger partial charge in [0.25, 0.3) is 0 Å². The minimum Gasteiger partial charge on any atom is -0.480 e. The van der Waals surface area contributed by atoms with E-state index in [9.17, 15) is 19.5 Å². The molecule has 7 nitrogen and oxygen atoms in total. The van der Waals surface area contributed by atoms with Crippen molar-refractivity contribution in [2.24, 2.45) is 0 Å². The Balaban J connectivity index is 1.59. The maximum absolute atomic E-state index is 13.5. The number of carboxylic acid groups (broad SMARTS) is 1. The molecule has 0 heterocycles. The largest absolute Gasteiger partial charge is 0.480 e. The van der Waals surface area contributed by atoms with E-state index in [0.29, 0.717) is 0 Å². The molecule has 0 unspecified atom stereocenters. The number of carbonyl (C=O) groups is 3. The van der Waals surface area contributed by atoms with Crippen molar-refractivity contribution in [3.63, 3.8) is 0 Å². The van der Waals surface area contributed by atoms with E-state index in [2.05, 4.69) is 10.6 Å². The maximum Gasteiger partial charge on any atom is 0.408 e. The molecule has 0 fully saturated rings. The van der Waals surface area contributed by atoms with Crippen molar-refractivity contribution in [1.82, 2.24) is 10.6 Å². The van der Waals surface area contributed by atoms with Crippen molar-refractivity contribution in [3.8, 4) is 0 Å². The summed E-state index contributed by atoms with van der Waals surface area (Å²) in [5.41, 5.74) is 2.05. The summed E-state index contributed by atoms with van der Waals surface area (Å²) in [6.07, 6.45) is -1.42. The van der Waals surface area contributed by atoms with Crippen LogP contribution in [-0.2, 0) is 26.5 Å². The van der Waals surface area contributed by atoms with Gasteiger partial charge in [-0.2, -0.15) is 0 Å². The highest BCUT2D eigenvalue weighted by Crippen LogP contribution is 2.36.